The Morgan fingerprint density at radius 2 is 2.00 bits per heavy atom. The molecule has 0 N–H and O–H groups in total. The van der Waals surface area contributed by atoms with E-state index in [9.17, 15) is 4.79 Å². The van der Waals surface area contributed by atoms with Crippen LogP contribution in [0.2, 0.25) is 0 Å². The first-order valence-corrected chi connectivity index (χ1v) is 6.18. The van der Waals surface area contributed by atoms with Gasteiger partial charge in [0, 0.05) is 15.8 Å². The molecular weight excluding hydrogens is 263 g/mol. The van der Waals surface area contributed by atoms with E-state index >= 15 is 0 Å². The monoisotopic (exact) mass is 276 g/mol. The van der Waals surface area contributed by atoms with Crippen molar-refractivity contribution in [2.45, 2.75) is 29.6 Å². The van der Waals surface area contributed by atoms with Crippen LogP contribution in [0.15, 0.2) is 0 Å². The molecule has 66 valence electrons. The average Bonchev–Trinajstić information content (AvgIpc) is 2.07. The predicted molar refractivity (Wildman–Crippen MR) is 55.2 cm³/mol. The van der Waals surface area contributed by atoms with E-state index in [1.54, 1.807) is 0 Å². The van der Waals surface area contributed by atoms with Crippen LogP contribution in [0.25, 0.3) is 0 Å². The Bertz CT molecular complexity index is 238. The molecule has 4 fully saturated rings. The topological polar surface area (TPSA) is 17.1 Å². The summed E-state index contributed by atoms with van der Waals surface area (Å²) in [6, 6.07) is 0. The van der Waals surface area contributed by atoms with Crippen LogP contribution in [0.5, 0.6) is 0 Å². The van der Waals surface area contributed by atoms with Crippen LogP contribution in [0.1, 0.15) is 25.7 Å². The molecule has 4 aliphatic rings. The van der Waals surface area contributed by atoms with Crippen molar-refractivity contribution in [2.75, 3.05) is 0 Å². The first-order chi connectivity index (χ1) is 5.75. The molecular formula is C10H13IO. The Balaban J connectivity index is 1.98. The van der Waals surface area contributed by atoms with E-state index in [1.165, 1.54) is 25.7 Å². The van der Waals surface area contributed by atoms with Gasteiger partial charge in [-0.05, 0) is 37.5 Å². The number of hydrogen-bond acceptors (Lipinski definition) is 1. The second kappa shape index (κ2) is 2.46. The van der Waals surface area contributed by atoms with Crippen LogP contribution < -0.4 is 0 Å². The smallest absolute Gasteiger partial charge is 0.140 e. The zero-order valence-electron chi connectivity index (χ0n) is 7.00. The Labute approximate surface area is 86.4 Å². The van der Waals surface area contributed by atoms with E-state index in [-0.39, 0.29) is 0 Å². The van der Waals surface area contributed by atoms with Gasteiger partial charge >= 0.3 is 0 Å². The lowest BCUT2D eigenvalue weighted by atomic mass is 9.56. The SMILES string of the molecule is O=C1[C@H]2C[C@@H]3C[C@H](C2)[C@@H](I)[C@H]1C3. The first-order valence-electron chi connectivity index (χ1n) is 4.93. The zero-order chi connectivity index (χ0) is 8.29. The summed E-state index contributed by atoms with van der Waals surface area (Å²) in [5, 5.41) is 0. The lowest BCUT2D eigenvalue weighted by molar-refractivity contribution is -0.138. The van der Waals surface area contributed by atoms with Crippen LogP contribution in [-0.4, -0.2) is 9.71 Å². The standard InChI is InChI=1S/C10H13IO/c11-9-6-1-5-2-7(4-6)10(12)8(9)3-5/h5-9H,1-4H2/t5-,6+,7-,8+,9+/m0/s1. The van der Waals surface area contributed by atoms with Crippen LogP contribution >= 0.6 is 22.6 Å². The summed E-state index contributed by atoms with van der Waals surface area (Å²) in [6.07, 6.45) is 5.10. The average molecular weight is 276 g/mol. The molecule has 0 unspecified atom stereocenters. The normalized spacial score (nSPS) is 56.4. The minimum atomic E-state index is 0.460. The highest BCUT2D eigenvalue weighted by molar-refractivity contribution is 14.1. The lowest BCUT2D eigenvalue weighted by Crippen LogP contribution is -2.51. The van der Waals surface area contributed by atoms with Crippen LogP contribution in [-0.2, 0) is 4.79 Å². The molecule has 0 aromatic carbocycles. The van der Waals surface area contributed by atoms with Crippen LogP contribution in [0, 0.1) is 23.7 Å². The molecule has 4 rings (SSSR count). The minimum absolute atomic E-state index is 0.460. The second-order valence-corrected chi connectivity index (χ2v) is 6.16. The zero-order valence-corrected chi connectivity index (χ0v) is 9.16. The molecule has 4 bridgehead atoms. The van der Waals surface area contributed by atoms with E-state index in [1.807, 2.05) is 0 Å². The van der Waals surface area contributed by atoms with Crippen molar-refractivity contribution in [2.24, 2.45) is 23.7 Å². The van der Waals surface area contributed by atoms with Gasteiger partial charge in [0.2, 0.25) is 0 Å². The number of carbonyl (C=O) groups is 1. The Kier molecular flexibility index (Phi) is 1.59. The molecule has 2 heteroatoms. The molecule has 0 amide bonds. The van der Waals surface area contributed by atoms with Gasteiger partial charge in [0.15, 0.2) is 0 Å². The summed E-state index contributed by atoms with van der Waals surface area (Å²) in [6.45, 7) is 0. The van der Waals surface area contributed by atoms with Gasteiger partial charge in [-0.25, -0.2) is 0 Å². The van der Waals surface area contributed by atoms with Crippen LogP contribution in [0.3, 0.4) is 0 Å². The minimum Gasteiger partial charge on any atom is -0.299 e. The fourth-order valence-electron chi connectivity index (χ4n) is 3.56. The summed E-state index contributed by atoms with van der Waals surface area (Å²) in [7, 11) is 0. The van der Waals surface area contributed by atoms with Gasteiger partial charge in [-0.2, -0.15) is 0 Å². The third-order valence-electron chi connectivity index (χ3n) is 4.03. The van der Waals surface area contributed by atoms with Crippen molar-refractivity contribution in [3.63, 3.8) is 0 Å². The molecule has 0 aromatic heterocycles. The molecule has 0 aromatic rings. The maximum Gasteiger partial charge on any atom is 0.140 e. The van der Waals surface area contributed by atoms with E-state index < -0.39 is 0 Å². The lowest BCUT2D eigenvalue weighted by Gasteiger charge is -2.51. The predicted octanol–water partition coefficient (Wildman–Crippen LogP) is 2.43. The van der Waals surface area contributed by atoms with E-state index in [4.69, 9.17) is 0 Å². The summed E-state index contributed by atoms with van der Waals surface area (Å²) in [5.74, 6) is 3.37. The third-order valence-corrected chi connectivity index (χ3v) is 5.92. The number of Topliss-reactive ketones (excluding diaryl/α,β-unsaturated/α-hetero) is 1. The molecule has 5 atom stereocenters. The summed E-state index contributed by atoms with van der Waals surface area (Å²) >= 11 is 2.52. The van der Waals surface area contributed by atoms with Gasteiger partial charge in [-0.15, -0.1) is 0 Å². The molecule has 1 nitrogen and oxygen atoms in total. The van der Waals surface area contributed by atoms with Gasteiger partial charge < -0.3 is 0 Å². The van der Waals surface area contributed by atoms with E-state index in [2.05, 4.69) is 22.6 Å². The molecule has 0 aliphatic heterocycles. The van der Waals surface area contributed by atoms with Gasteiger partial charge in [-0.3, -0.25) is 4.79 Å². The second-order valence-electron chi connectivity index (χ2n) is 4.72. The van der Waals surface area contributed by atoms with Gasteiger partial charge in [0.05, 0.1) is 0 Å². The molecule has 0 radical (unpaired) electrons. The number of hydrogen-bond donors (Lipinski definition) is 0. The Hall–Kier alpha value is 0.400. The molecule has 0 saturated heterocycles. The van der Waals surface area contributed by atoms with Gasteiger partial charge in [0.25, 0.3) is 0 Å². The van der Waals surface area contributed by atoms with Gasteiger partial charge in [0.1, 0.15) is 5.78 Å². The van der Waals surface area contributed by atoms with Crippen molar-refractivity contribution in [3.8, 4) is 0 Å². The molecule has 0 spiro atoms. The maximum absolute atomic E-state index is 11.8. The van der Waals surface area contributed by atoms with Crippen molar-refractivity contribution >= 4 is 28.4 Å². The quantitative estimate of drug-likeness (QED) is 0.490. The number of alkyl halides is 1. The number of ketones is 1. The largest absolute Gasteiger partial charge is 0.299 e. The molecule has 4 saturated carbocycles. The van der Waals surface area contributed by atoms with Crippen LogP contribution in [0.4, 0.5) is 0 Å². The maximum atomic E-state index is 11.8. The van der Waals surface area contributed by atoms with Crippen molar-refractivity contribution in [1.82, 2.24) is 0 Å². The number of carbonyl (C=O) groups excluding carboxylic acids is 1. The number of halogens is 1. The highest BCUT2D eigenvalue weighted by Gasteiger charge is 2.52. The highest BCUT2D eigenvalue weighted by Crippen LogP contribution is 2.54. The molecule has 12 heavy (non-hydrogen) atoms. The van der Waals surface area contributed by atoms with Crippen molar-refractivity contribution in [3.05, 3.63) is 0 Å². The fraction of sp³-hybridized carbons (Fsp3) is 0.900. The number of rotatable bonds is 0. The summed E-state index contributed by atoms with van der Waals surface area (Å²) < 4.78 is 0.683. The van der Waals surface area contributed by atoms with E-state index in [0.29, 0.717) is 21.5 Å². The van der Waals surface area contributed by atoms with Gasteiger partial charge in [-0.1, -0.05) is 22.6 Å². The molecule has 0 heterocycles. The molecule has 4 aliphatic carbocycles. The summed E-state index contributed by atoms with van der Waals surface area (Å²) in [4.78, 5) is 11.8. The third kappa shape index (κ3) is 0.875. The van der Waals surface area contributed by atoms with E-state index in [0.717, 1.165) is 11.8 Å². The summed E-state index contributed by atoms with van der Waals surface area (Å²) in [5.41, 5.74) is 0. The first kappa shape index (κ1) is 7.77. The highest BCUT2D eigenvalue weighted by atomic mass is 127. The fourth-order valence-corrected chi connectivity index (χ4v) is 4.80. The Morgan fingerprint density at radius 1 is 1.17 bits per heavy atom. The Morgan fingerprint density at radius 3 is 2.83 bits per heavy atom. The van der Waals surface area contributed by atoms with Crippen molar-refractivity contribution in [1.29, 1.82) is 0 Å². The van der Waals surface area contributed by atoms with Crippen molar-refractivity contribution < 1.29 is 4.79 Å².